The Kier molecular flexibility index (Phi) is 3.02. The van der Waals surface area contributed by atoms with E-state index in [0.717, 1.165) is 12.1 Å². The lowest BCUT2D eigenvalue weighted by atomic mass is 9.79. The summed E-state index contributed by atoms with van der Waals surface area (Å²) in [6.45, 7) is 0. The average molecular weight is 215 g/mol. The molecule has 0 amide bonds. The highest BCUT2D eigenvalue weighted by molar-refractivity contribution is 6.58. The molecular weight excluding hydrogens is 210 g/mol. The Morgan fingerprint density at radius 2 is 1.87 bits per heavy atom. The molecule has 78 valence electrons. The van der Waals surface area contributed by atoms with Crippen LogP contribution in [0.25, 0.3) is 0 Å². The predicted molar refractivity (Wildman–Crippen MR) is 46.0 cm³/mol. The molecule has 0 fully saturated rings. The average Bonchev–Trinajstić information content (AvgIpc) is 2.15. The molecule has 1 aromatic carbocycles. The minimum Gasteiger partial charge on any atom is -0.423 e. The van der Waals surface area contributed by atoms with Gasteiger partial charge in [-0.1, -0.05) is 6.07 Å². The SMILES string of the molecule is N#Cc1cc(B(O)O)ccc1C(F)(F)F. The lowest BCUT2D eigenvalue weighted by Gasteiger charge is -2.09. The molecule has 0 aliphatic carbocycles. The third-order valence-corrected chi connectivity index (χ3v) is 1.77. The summed E-state index contributed by atoms with van der Waals surface area (Å²) in [4.78, 5) is 0. The summed E-state index contributed by atoms with van der Waals surface area (Å²) < 4.78 is 36.9. The number of benzene rings is 1. The number of rotatable bonds is 1. The third kappa shape index (κ3) is 2.49. The molecule has 0 aliphatic rings. The topological polar surface area (TPSA) is 64.2 Å². The molecule has 0 aliphatic heterocycles. The van der Waals surface area contributed by atoms with Crippen molar-refractivity contribution in [2.75, 3.05) is 0 Å². The van der Waals surface area contributed by atoms with E-state index in [4.69, 9.17) is 15.3 Å². The van der Waals surface area contributed by atoms with Gasteiger partial charge in [0, 0.05) is 0 Å². The van der Waals surface area contributed by atoms with Gasteiger partial charge in [-0.15, -0.1) is 0 Å². The van der Waals surface area contributed by atoms with Crippen LogP contribution >= 0.6 is 0 Å². The second-order valence-electron chi connectivity index (χ2n) is 2.79. The predicted octanol–water partition coefficient (Wildman–Crippen LogP) is 0.257. The summed E-state index contributed by atoms with van der Waals surface area (Å²) in [6.07, 6.45) is -4.62. The second kappa shape index (κ2) is 3.92. The quantitative estimate of drug-likeness (QED) is 0.660. The Hall–Kier alpha value is -1.52. The van der Waals surface area contributed by atoms with Crippen molar-refractivity contribution in [2.24, 2.45) is 0 Å². The first-order chi connectivity index (χ1) is 6.86. The molecule has 7 heteroatoms. The molecule has 0 heterocycles. The van der Waals surface area contributed by atoms with Gasteiger partial charge in [-0.25, -0.2) is 0 Å². The summed E-state index contributed by atoms with van der Waals surface area (Å²) in [6, 6.07) is 3.71. The van der Waals surface area contributed by atoms with Crippen LogP contribution in [0.5, 0.6) is 0 Å². The van der Waals surface area contributed by atoms with Crippen LogP contribution in [0.15, 0.2) is 18.2 Å². The number of hydrogen-bond acceptors (Lipinski definition) is 3. The van der Waals surface area contributed by atoms with Crippen molar-refractivity contribution < 1.29 is 23.2 Å². The van der Waals surface area contributed by atoms with E-state index in [1.165, 1.54) is 6.07 Å². The minimum absolute atomic E-state index is 0.153. The van der Waals surface area contributed by atoms with Crippen LogP contribution in [0.4, 0.5) is 13.2 Å². The fraction of sp³-hybridized carbons (Fsp3) is 0.125. The summed E-state index contributed by atoms with van der Waals surface area (Å²) in [5.74, 6) is 0. The van der Waals surface area contributed by atoms with Crippen LogP contribution in [-0.4, -0.2) is 17.2 Å². The van der Waals surface area contributed by atoms with Crippen molar-refractivity contribution in [1.29, 1.82) is 5.26 Å². The van der Waals surface area contributed by atoms with E-state index in [2.05, 4.69) is 0 Å². The van der Waals surface area contributed by atoms with Gasteiger partial charge in [0.15, 0.2) is 0 Å². The Labute approximate surface area is 83.5 Å². The highest BCUT2D eigenvalue weighted by atomic mass is 19.4. The van der Waals surface area contributed by atoms with Gasteiger partial charge in [-0.3, -0.25) is 0 Å². The van der Waals surface area contributed by atoms with E-state index in [1.807, 2.05) is 0 Å². The summed E-state index contributed by atoms with van der Waals surface area (Å²) in [7, 11) is -1.89. The van der Waals surface area contributed by atoms with Gasteiger partial charge in [-0.05, 0) is 17.6 Å². The number of halogens is 3. The van der Waals surface area contributed by atoms with E-state index >= 15 is 0 Å². The highest BCUT2D eigenvalue weighted by Gasteiger charge is 2.34. The van der Waals surface area contributed by atoms with Crippen LogP contribution < -0.4 is 5.46 Å². The molecule has 0 saturated heterocycles. The van der Waals surface area contributed by atoms with Crippen LogP contribution in [0.1, 0.15) is 11.1 Å². The van der Waals surface area contributed by atoms with Gasteiger partial charge >= 0.3 is 13.3 Å². The number of alkyl halides is 3. The van der Waals surface area contributed by atoms with Crippen LogP contribution in [0.3, 0.4) is 0 Å². The largest absolute Gasteiger partial charge is 0.488 e. The van der Waals surface area contributed by atoms with Gasteiger partial charge in [0.1, 0.15) is 0 Å². The lowest BCUT2D eigenvalue weighted by Crippen LogP contribution is -2.30. The zero-order chi connectivity index (χ0) is 11.6. The zero-order valence-electron chi connectivity index (χ0n) is 7.28. The molecule has 0 saturated carbocycles. The summed E-state index contributed by atoms with van der Waals surface area (Å²) in [5, 5.41) is 25.9. The van der Waals surface area contributed by atoms with Crippen molar-refractivity contribution in [3.05, 3.63) is 29.3 Å². The normalized spacial score (nSPS) is 10.9. The number of nitriles is 1. The molecule has 2 N–H and O–H groups in total. The third-order valence-electron chi connectivity index (χ3n) is 1.77. The van der Waals surface area contributed by atoms with E-state index in [0.29, 0.717) is 6.07 Å². The lowest BCUT2D eigenvalue weighted by molar-refractivity contribution is -0.137. The molecule has 0 radical (unpaired) electrons. The maximum atomic E-state index is 12.3. The van der Waals surface area contributed by atoms with E-state index in [9.17, 15) is 13.2 Å². The smallest absolute Gasteiger partial charge is 0.423 e. The standard InChI is InChI=1S/C8H5BF3NO2/c10-8(11,12)7-2-1-6(9(14)15)3-5(7)4-13/h1-3,14-15H. The molecule has 0 unspecified atom stereocenters. The fourth-order valence-corrected chi connectivity index (χ4v) is 1.06. The molecule has 3 nitrogen and oxygen atoms in total. The number of nitrogens with zero attached hydrogens (tertiary/aromatic N) is 1. The van der Waals surface area contributed by atoms with Gasteiger partial charge in [0.2, 0.25) is 0 Å². The zero-order valence-corrected chi connectivity index (χ0v) is 7.28. The maximum Gasteiger partial charge on any atom is 0.488 e. The van der Waals surface area contributed by atoms with E-state index in [1.54, 1.807) is 0 Å². The maximum absolute atomic E-state index is 12.3. The van der Waals surface area contributed by atoms with Crippen LogP contribution in [0, 0.1) is 11.3 Å². The second-order valence-corrected chi connectivity index (χ2v) is 2.79. The molecule has 1 rings (SSSR count). The van der Waals surface area contributed by atoms with Crippen molar-refractivity contribution in [1.82, 2.24) is 0 Å². The van der Waals surface area contributed by atoms with Crippen molar-refractivity contribution in [2.45, 2.75) is 6.18 Å². The van der Waals surface area contributed by atoms with Crippen molar-refractivity contribution >= 4 is 12.6 Å². The Bertz CT molecular complexity index is 411. The first kappa shape index (κ1) is 11.6. The highest BCUT2D eigenvalue weighted by Crippen LogP contribution is 2.31. The molecule has 0 aromatic heterocycles. The first-order valence-electron chi connectivity index (χ1n) is 3.83. The van der Waals surface area contributed by atoms with Crippen LogP contribution in [-0.2, 0) is 6.18 Å². The van der Waals surface area contributed by atoms with Crippen molar-refractivity contribution in [3.8, 4) is 6.07 Å². The van der Waals surface area contributed by atoms with Gasteiger partial charge < -0.3 is 10.0 Å². The van der Waals surface area contributed by atoms with Crippen LogP contribution in [0.2, 0.25) is 0 Å². The minimum atomic E-state index is -4.62. The fourth-order valence-electron chi connectivity index (χ4n) is 1.06. The molecule has 15 heavy (non-hydrogen) atoms. The van der Waals surface area contributed by atoms with E-state index in [-0.39, 0.29) is 5.46 Å². The first-order valence-corrected chi connectivity index (χ1v) is 3.83. The molecule has 0 atom stereocenters. The Morgan fingerprint density at radius 3 is 2.27 bits per heavy atom. The number of hydrogen-bond donors (Lipinski definition) is 2. The van der Waals surface area contributed by atoms with E-state index < -0.39 is 24.4 Å². The molecule has 1 aromatic rings. The molecular formula is C8H5BF3NO2. The van der Waals surface area contributed by atoms with Gasteiger partial charge in [-0.2, -0.15) is 18.4 Å². The molecule has 0 bridgehead atoms. The van der Waals surface area contributed by atoms with Gasteiger partial charge in [0.25, 0.3) is 0 Å². The Morgan fingerprint density at radius 1 is 1.27 bits per heavy atom. The summed E-state index contributed by atoms with van der Waals surface area (Å²) >= 11 is 0. The molecule has 0 spiro atoms. The Balaban J connectivity index is 3.29. The van der Waals surface area contributed by atoms with Crippen molar-refractivity contribution in [3.63, 3.8) is 0 Å². The summed E-state index contributed by atoms with van der Waals surface area (Å²) in [5.41, 5.74) is -1.87. The van der Waals surface area contributed by atoms with Gasteiger partial charge in [0.05, 0.1) is 17.2 Å². The monoisotopic (exact) mass is 215 g/mol.